The number of aromatic nitrogens is 2. The van der Waals surface area contributed by atoms with Crippen molar-refractivity contribution in [1.82, 2.24) is 20.2 Å². The van der Waals surface area contributed by atoms with E-state index in [2.05, 4.69) is 23.6 Å². The molecule has 0 radical (unpaired) electrons. The molecule has 0 saturated heterocycles. The normalized spacial score (nSPS) is 12.5. The van der Waals surface area contributed by atoms with E-state index in [1.54, 1.807) is 0 Å². The number of nitrogens with zero attached hydrogens (tertiary/aromatic N) is 2. The molecule has 0 aliphatic rings. The number of carbonyl (C=O) groups is 1. The average Bonchev–Trinajstić information content (AvgIpc) is 2.87. The Bertz CT molecular complexity index is 1440. The van der Waals surface area contributed by atoms with Crippen molar-refractivity contribution < 1.29 is 9.53 Å². The maximum atomic E-state index is 13.7. The lowest BCUT2D eigenvalue weighted by Gasteiger charge is -2.20. The van der Waals surface area contributed by atoms with Crippen LogP contribution < -0.4 is 16.2 Å². The highest BCUT2D eigenvalue weighted by Crippen LogP contribution is 2.21. The van der Waals surface area contributed by atoms with E-state index >= 15 is 0 Å². The summed E-state index contributed by atoms with van der Waals surface area (Å²) < 4.78 is 7.09. The zero-order valence-corrected chi connectivity index (χ0v) is 22.8. The van der Waals surface area contributed by atoms with Gasteiger partial charge in [0.2, 0.25) is 0 Å². The van der Waals surface area contributed by atoms with Gasteiger partial charge in [0.05, 0.1) is 17.4 Å². The van der Waals surface area contributed by atoms with Gasteiger partial charge in [-0.25, -0.2) is 9.78 Å². The van der Waals surface area contributed by atoms with Crippen molar-refractivity contribution >= 4 is 27.8 Å². The molecule has 0 bridgehead atoms. The van der Waals surface area contributed by atoms with Gasteiger partial charge in [-0.05, 0) is 74.7 Å². The van der Waals surface area contributed by atoms with E-state index in [0.717, 1.165) is 47.2 Å². The predicted octanol–water partition coefficient (Wildman–Crippen LogP) is 5.28. The summed E-state index contributed by atoms with van der Waals surface area (Å²) in [6, 6.07) is 22.1. The number of carbonyl (C=O) groups excluding carboxylic acids is 1. The smallest absolute Gasteiger partial charge is 0.407 e. The number of hydrogen-bond donors (Lipinski definition) is 2. The van der Waals surface area contributed by atoms with Gasteiger partial charge in [0.1, 0.15) is 11.4 Å². The van der Waals surface area contributed by atoms with Crippen LogP contribution in [0.2, 0.25) is 0 Å². The highest BCUT2D eigenvalue weighted by Gasteiger charge is 2.16. The van der Waals surface area contributed by atoms with E-state index in [4.69, 9.17) is 9.72 Å². The molecule has 0 aliphatic heterocycles. The van der Waals surface area contributed by atoms with Crippen LogP contribution in [0.15, 0.2) is 71.5 Å². The Morgan fingerprint density at radius 1 is 1.00 bits per heavy atom. The van der Waals surface area contributed by atoms with Crippen LogP contribution in [-0.2, 0) is 17.7 Å². The zero-order valence-electron chi connectivity index (χ0n) is 22.8. The molecule has 4 aromatic rings. The number of nitrogens with one attached hydrogen (secondary N) is 2. The third kappa shape index (κ3) is 7.42. The monoisotopic (exact) mass is 514 g/mol. The summed E-state index contributed by atoms with van der Waals surface area (Å²) in [5, 5.41) is 9.01. The molecule has 0 saturated carbocycles. The van der Waals surface area contributed by atoms with E-state index < -0.39 is 11.7 Å². The largest absolute Gasteiger partial charge is 0.444 e. The minimum Gasteiger partial charge on any atom is -0.444 e. The fourth-order valence-corrected chi connectivity index (χ4v) is 4.49. The summed E-state index contributed by atoms with van der Waals surface area (Å²) in [6.07, 6.45) is 1.08. The van der Waals surface area contributed by atoms with Gasteiger partial charge in [0.15, 0.2) is 0 Å². The van der Waals surface area contributed by atoms with Gasteiger partial charge in [-0.3, -0.25) is 9.36 Å². The quantitative estimate of drug-likeness (QED) is 0.222. The molecule has 1 aromatic heterocycles. The topological polar surface area (TPSA) is 85.2 Å². The number of rotatable bonds is 10. The van der Waals surface area contributed by atoms with Crippen LogP contribution in [0.4, 0.5) is 4.79 Å². The standard InChI is InChI=1S/C31H38N4O3/c1-22(20-32-15-10-16-33-30(37)38-31(2,3)4)17-28-34-27-19-25-14-9-8-13-24(25)18-26(27)29(36)35(28)21-23-11-6-5-7-12-23/h5-9,11-14,18-19,22,32H,10,15-17,20-21H2,1-4H3,(H,33,37). The van der Waals surface area contributed by atoms with Crippen molar-refractivity contribution in [2.75, 3.05) is 19.6 Å². The van der Waals surface area contributed by atoms with Crippen LogP contribution in [0.1, 0.15) is 45.5 Å². The van der Waals surface area contributed by atoms with Crippen LogP contribution in [0.5, 0.6) is 0 Å². The van der Waals surface area contributed by atoms with Crippen LogP contribution >= 0.6 is 0 Å². The lowest BCUT2D eigenvalue weighted by Crippen LogP contribution is -2.34. The summed E-state index contributed by atoms with van der Waals surface area (Å²) in [7, 11) is 0. The molecular formula is C31H38N4O3. The number of ether oxygens (including phenoxy) is 1. The van der Waals surface area contributed by atoms with Crippen LogP contribution in [0.3, 0.4) is 0 Å². The van der Waals surface area contributed by atoms with Gasteiger partial charge in [-0.15, -0.1) is 0 Å². The van der Waals surface area contributed by atoms with E-state index in [0.29, 0.717) is 24.9 Å². The Labute approximate surface area is 224 Å². The first-order valence-corrected chi connectivity index (χ1v) is 13.3. The van der Waals surface area contributed by atoms with Crippen molar-refractivity contribution in [1.29, 1.82) is 0 Å². The fraction of sp³-hybridized carbons (Fsp3) is 0.387. The minimum absolute atomic E-state index is 0.00650. The molecule has 200 valence electrons. The summed E-state index contributed by atoms with van der Waals surface area (Å²) in [5.41, 5.74) is 1.30. The molecule has 0 spiro atoms. The van der Waals surface area contributed by atoms with Crippen LogP contribution in [0, 0.1) is 5.92 Å². The van der Waals surface area contributed by atoms with E-state index in [-0.39, 0.29) is 11.5 Å². The van der Waals surface area contributed by atoms with Crippen molar-refractivity contribution in [3.63, 3.8) is 0 Å². The first-order chi connectivity index (χ1) is 18.2. The Balaban J connectivity index is 1.45. The van der Waals surface area contributed by atoms with Gasteiger partial charge in [-0.1, -0.05) is 61.5 Å². The molecule has 1 amide bonds. The van der Waals surface area contributed by atoms with Crippen molar-refractivity contribution in [2.24, 2.45) is 5.92 Å². The number of benzene rings is 3. The Kier molecular flexibility index (Phi) is 8.79. The number of alkyl carbamates (subject to hydrolysis) is 1. The molecule has 38 heavy (non-hydrogen) atoms. The third-order valence-corrected chi connectivity index (χ3v) is 6.31. The molecule has 7 nitrogen and oxygen atoms in total. The van der Waals surface area contributed by atoms with Crippen LogP contribution in [0.25, 0.3) is 21.7 Å². The molecular weight excluding hydrogens is 476 g/mol. The molecule has 0 aliphatic carbocycles. The Hall–Kier alpha value is -3.71. The van der Waals surface area contributed by atoms with Crippen molar-refractivity contribution in [3.05, 3.63) is 88.5 Å². The molecule has 2 N–H and O–H groups in total. The summed E-state index contributed by atoms with van der Waals surface area (Å²) >= 11 is 0. The molecule has 1 unspecified atom stereocenters. The highest BCUT2D eigenvalue weighted by atomic mass is 16.6. The first kappa shape index (κ1) is 27.3. The van der Waals surface area contributed by atoms with Crippen molar-refractivity contribution in [3.8, 4) is 0 Å². The first-order valence-electron chi connectivity index (χ1n) is 13.3. The van der Waals surface area contributed by atoms with Gasteiger partial charge in [-0.2, -0.15) is 0 Å². The molecule has 7 heteroatoms. The van der Waals surface area contributed by atoms with Gasteiger partial charge >= 0.3 is 6.09 Å². The molecule has 4 rings (SSSR count). The second kappa shape index (κ2) is 12.2. The number of fused-ring (bicyclic) bond motifs is 2. The van der Waals surface area contributed by atoms with Gasteiger partial charge in [0.25, 0.3) is 5.56 Å². The number of hydrogen-bond acceptors (Lipinski definition) is 5. The van der Waals surface area contributed by atoms with Crippen molar-refractivity contribution in [2.45, 2.75) is 52.7 Å². The summed E-state index contributed by atoms with van der Waals surface area (Å²) in [6.45, 7) is 10.3. The maximum Gasteiger partial charge on any atom is 0.407 e. The van der Waals surface area contributed by atoms with Crippen LogP contribution in [-0.4, -0.2) is 40.9 Å². The molecule has 3 aromatic carbocycles. The molecule has 1 atom stereocenters. The molecule has 0 fully saturated rings. The molecule has 1 heterocycles. The minimum atomic E-state index is -0.497. The predicted molar refractivity (Wildman–Crippen MR) is 154 cm³/mol. The highest BCUT2D eigenvalue weighted by molar-refractivity contribution is 5.96. The van der Waals surface area contributed by atoms with E-state index in [1.165, 1.54) is 0 Å². The summed E-state index contributed by atoms with van der Waals surface area (Å²) in [4.78, 5) is 30.5. The van der Waals surface area contributed by atoms with E-state index in [1.807, 2.05) is 86.0 Å². The Morgan fingerprint density at radius 3 is 2.39 bits per heavy atom. The maximum absolute atomic E-state index is 13.7. The van der Waals surface area contributed by atoms with E-state index in [9.17, 15) is 9.59 Å². The lowest BCUT2D eigenvalue weighted by molar-refractivity contribution is 0.0527. The third-order valence-electron chi connectivity index (χ3n) is 6.31. The fourth-order valence-electron chi connectivity index (χ4n) is 4.49. The van der Waals surface area contributed by atoms with Gasteiger partial charge < -0.3 is 15.4 Å². The second-order valence-electron chi connectivity index (χ2n) is 10.9. The van der Waals surface area contributed by atoms with Gasteiger partial charge in [0, 0.05) is 13.0 Å². The zero-order chi connectivity index (χ0) is 27.1. The summed E-state index contributed by atoms with van der Waals surface area (Å²) in [5.74, 6) is 1.06. The lowest BCUT2D eigenvalue weighted by atomic mass is 10.1. The second-order valence-corrected chi connectivity index (χ2v) is 10.9. The average molecular weight is 515 g/mol. The SMILES string of the molecule is CC(CNCCCNC(=O)OC(C)(C)C)Cc1nc2cc3ccccc3cc2c(=O)n1Cc1ccccc1. The Morgan fingerprint density at radius 2 is 1.68 bits per heavy atom. The number of amides is 1.